The second kappa shape index (κ2) is 5.21. The van der Waals surface area contributed by atoms with Gasteiger partial charge in [-0.3, -0.25) is 9.48 Å². The second-order valence-electron chi connectivity index (χ2n) is 5.38. The van der Waals surface area contributed by atoms with E-state index in [9.17, 15) is 4.79 Å². The van der Waals surface area contributed by atoms with Crippen molar-refractivity contribution in [2.75, 3.05) is 18.5 Å². The third-order valence-electron chi connectivity index (χ3n) is 4.19. The zero-order valence-electron chi connectivity index (χ0n) is 11.9. The highest BCUT2D eigenvalue weighted by atomic mass is 16.1. The first-order valence-electron chi connectivity index (χ1n) is 6.73. The van der Waals surface area contributed by atoms with Crippen LogP contribution in [-0.2, 0) is 7.05 Å². The quantitative estimate of drug-likeness (QED) is 0.824. The van der Waals surface area contributed by atoms with Crippen molar-refractivity contribution in [1.29, 1.82) is 0 Å². The van der Waals surface area contributed by atoms with E-state index in [0.29, 0.717) is 29.8 Å². The Bertz CT molecular complexity index is 482. The molecular weight excluding hydrogens is 242 g/mol. The lowest BCUT2D eigenvalue weighted by Crippen LogP contribution is -2.39. The highest BCUT2D eigenvalue weighted by Gasteiger charge is 2.33. The molecule has 6 heteroatoms. The largest absolute Gasteiger partial charge is 0.365 e. The molecule has 0 radical (unpaired) electrons. The molecule has 6 nitrogen and oxygen atoms in total. The SMILES string of the molecule is Cc1nn(C)c(N(C)C2CCCC2CN)c1C(N)=O. The smallest absolute Gasteiger partial charge is 0.254 e. The normalized spacial score (nSPS) is 22.7. The van der Waals surface area contributed by atoms with Gasteiger partial charge in [0.25, 0.3) is 5.91 Å². The molecule has 19 heavy (non-hydrogen) atoms. The van der Waals surface area contributed by atoms with Crippen molar-refractivity contribution in [3.63, 3.8) is 0 Å². The number of anilines is 1. The lowest BCUT2D eigenvalue weighted by atomic mass is 10.0. The van der Waals surface area contributed by atoms with Crippen LogP contribution in [-0.4, -0.2) is 35.3 Å². The Morgan fingerprint density at radius 2 is 2.21 bits per heavy atom. The summed E-state index contributed by atoms with van der Waals surface area (Å²) in [7, 11) is 3.85. The minimum absolute atomic E-state index is 0.359. The van der Waals surface area contributed by atoms with E-state index >= 15 is 0 Å². The number of nitrogens with two attached hydrogens (primary N) is 2. The first-order valence-corrected chi connectivity index (χ1v) is 6.73. The summed E-state index contributed by atoms with van der Waals surface area (Å²) in [6, 6.07) is 0.359. The van der Waals surface area contributed by atoms with E-state index in [1.165, 1.54) is 6.42 Å². The van der Waals surface area contributed by atoms with E-state index in [4.69, 9.17) is 11.5 Å². The highest BCUT2D eigenvalue weighted by Crippen LogP contribution is 2.33. The minimum Gasteiger partial charge on any atom is -0.365 e. The molecule has 1 aliphatic rings. The minimum atomic E-state index is -0.422. The Morgan fingerprint density at radius 1 is 1.53 bits per heavy atom. The van der Waals surface area contributed by atoms with Gasteiger partial charge in [-0.25, -0.2) is 0 Å². The summed E-state index contributed by atoms with van der Waals surface area (Å²) < 4.78 is 1.74. The molecule has 1 amide bonds. The molecule has 0 bridgehead atoms. The van der Waals surface area contributed by atoms with Gasteiger partial charge in [0, 0.05) is 20.1 Å². The van der Waals surface area contributed by atoms with Crippen LogP contribution in [0, 0.1) is 12.8 Å². The summed E-state index contributed by atoms with van der Waals surface area (Å²) in [5.74, 6) is 0.853. The Kier molecular flexibility index (Phi) is 3.80. The van der Waals surface area contributed by atoms with E-state index in [2.05, 4.69) is 10.00 Å². The van der Waals surface area contributed by atoms with Crippen molar-refractivity contribution in [2.24, 2.45) is 24.4 Å². The van der Waals surface area contributed by atoms with Crippen LogP contribution in [0.4, 0.5) is 5.82 Å². The number of rotatable bonds is 4. The molecule has 2 unspecified atom stereocenters. The predicted molar refractivity (Wildman–Crippen MR) is 75.0 cm³/mol. The summed E-state index contributed by atoms with van der Waals surface area (Å²) in [6.45, 7) is 2.49. The number of carbonyl (C=O) groups is 1. The van der Waals surface area contributed by atoms with Gasteiger partial charge in [0.2, 0.25) is 0 Å². The van der Waals surface area contributed by atoms with Gasteiger partial charge in [-0.15, -0.1) is 0 Å². The zero-order valence-corrected chi connectivity index (χ0v) is 11.9. The lowest BCUT2D eigenvalue weighted by Gasteiger charge is -2.31. The number of carbonyl (C=O) groups excluding carboxylic acids is 1. The van der Waals surface area contributed by atoms with Gasteiger partial charge in [-0.1, -0.05) is 6.42 Å². The maximum absolute atomic E-state index is 11.6. The molecule has 1 fully saturated rings. The van der Waals surface area contributed by atoms with Gasteiger partial charge >= 0.3 is 0 Å². The molecule has 1 aromatic heterocycles. The summed E-state index contributed by atoms with van der Waals surface area (Å²) in [6.07, 6.45) is 3.43. The monoisotopic (exact) mass is 265 g/mol. The van der Waals surface area contributed by atoms with Gasteiger partial charge in [-0.2, -0.15) is 5.10 Å². The molecule has 4 N–H and O–H groups in total. The zero-order chi connectivity index (χ0) is 14.2. The topological polar surface area (TPSA) is 90.2 Å². The molecule has 0 spiro atoms. The Morgan fingerprint density at radius 3 is 2.79 bits per heavy atom. The maximum atomic E-state index is 11.6. The summed E-state index contributed by atoms with van der Waals surface area (Å²) in [5, 5.41) is 4.32. The van der Waals surface area contributed by atoms with E-state index in [1.54, 1.807) is 4.68 Å². The third-order valence-corrected chi connectivity index (χ3v) is 4.19. The number of aryl methyl sites for hydroxylation is 2. The first kappa shape index (κ1) is 13.9. The average molecular weight is 265 g/mol. The van der Waals surface area contributed by atoms with E-state index in [-0.39, 0.29) is 0 Å². The molecule has 1 aliphatic carbocycles. The fourth-order valence-corrected chi connectivity index (χ4v) is 3.30. The van der Waals surface area contributed by atoms with Crippen LogP contribution in [0.3, 0.4) is 0 Å². The number of nitrogens with zero attached hydrogens (tertiary/aromatic N) is 3. The van der Waals surface area contributed by atoms with Gasteiger partial charge in [0.15, 0.2) is 0 Å². The highest BCUT2D eigenvalue weighted by molar-refractivity contribution is 5.99. The molecule has 0 aromatic carbocycles. The van der Waals surface area contributed by atoms with E-state index in [1.807, 2.05) is 21.0 Å². The molecule has 106 valence electrons. The fraction of sp³-hybridized carbons (Fsp3) is 0.692. The van der Waals surface area contributed by atoms with Crippen LogP contribution in [0.1, 0.15) is 35.3 Å². The number of primary amides is 1. The van der Waals surface area contributed by atoms with Crippen LogP contribution in [0.2, 0.25) is 0 Å². The molecule has 0 saturated heterocycles. The number of amides is 1. The second-order valence-corrected chi connectivity index (χ2v) is 5.38. The van der Waals surface area contributed by atoms with Crippen molar-refractivity contribution in [1.82, 2.24) is 9.78 Å². The van der Waals surface area contributed by atoms with Gasteiger partial charge in [-0.05, 0) is 32.2 Å². The van der Waals surface area contributed by atoms with Crippen molar-refractivity contribution in [2.45, 2.75) is 32.2 Å². The summed E-state index contributed by atoms with van der Waals surface area (Å²) >= 11 is 0. The number of hydrogen-bond acceptors (Lipinski definition) is 4. The molecular formula is C13H23N5O. The fourth-order valence-electron chi connectivity index (χ4n) is 3.30. The van der Waals surface area contributed by atoms with Crippen LogP contribution >= 0.6 is 0 Å². The van der Waals surface area contributed by atoms with Crippen molar-refractivity contribution in [3.8, 4) is 0 Å². The van der Waals surface area contributed by atoms with Crippen molar-refractivity contribution in [3.05, 3.63) is 11.3 Å². The molecule has 1 aromatic rings. The van der Waals surface area contributed by atoms with E-state index < -0.39 is 5.91 Å². The molecule has 1 saturated carbocycles. The number of hydrogen-bond donors (Lipinski definition) is 2. The van der Waals surface area contributed by atoms with E-state index in [0.717, 1.165) is 18.7 Å². The van der Waals surface area contributed by atoms with Gasteiger partial charge in [0.05, 0.1) is 5.69 Å². The van der Waals surface area contributed by atoms with Gasteiger partial charge in [0.1, 0.15) is 11.4 Å². The Labute approximate surface area is 113 Å². The van der Waals surface area contributed by atoms with Crippen LogP contribution in [0.15, 0.2) is 0 Å². The summed E-state index contributed by atoms with van der Waals surface area (Å²) in [4.78, 5) is 13.8. The Hall–Kier alpha value is -1.56. The average Bonchev–Trinajstić information content (AvgIpc) is 2.91. The summed E-state index contributed by atoms with van der Waals surface area (Å²) in [5.41, 5.74) is 12.5. The standard InChI is InChI=1S/C13H23N5O/c1-8-11(12(15)19)13(18(3)16-8)17(2)10-6-4-5-9(10)7-14/h9-10H,4-7,14H2,1-3H3,(H2,15,19). The maximum Gasteiger partial charge on any atom is 0.254 e. The molecule has 2 rings (SSSR count). The van der Waals surface area contributed by atoms with Crippen LogP contribution in [0.25, 0.3) is 0 Å². The van der Waals surface area contributed by atoms with Crippen molar-refractivity contribution < 1.29 is 4.79 Å². The lowest BCUT2D eigenvalue weighted by molar-refractivity contribution is 0.1000. The third kappa shape index (κ3) is 2.32. The molecule has 1 heterocycles. The van der Waals surface area contributed by atoms with Crippen molar-refractivity contribution >= 4 is 11.7 Å². The predicted octanol–water partition coefficient (Wildman–Crippen LogP) is 0.391. The van der Waals surface area contributed by atoms with Crippen LogP contribution < -0.4 is 16.4 Å². The number of aromatic nitrogens is 2. The molecule has 2 atom stereocenters. The first-order chi connectivity index (χ1) is 8.97. The Balaban J connectivity index is 2.38. The van der Waals surface area contributed by atoms with Gasteiger partial charge < -0.3 is 16.4 Å². The molecule has 0 aliphatic heterocycles. The van der Waals surface area contributed by atoms with Crippen LogP contribution in [0.5, 0.6) is 0 Å².